The summed E-state index contributed by atoms with van der Waals surface area (Å²) in [7, 11) is 0. The third-order valence-corrected chi connectivity index (χ3v) is 2.64. The van der Waals surface area contributed by atoms with E-state index in [4.69, 9.17) is 11.0 Å². The molecule has 0 bridgehead atoms. The zero-order valence-electron chi connectivity index (χ0n) is 7.46. The Hall–Kier alpha value is -1.27. The second-order valence-electron chi connectivity index (χ2n) is 3.00. The Bertz CT molecular complexity index is 495. The Morgan fingerprint density at radius 3 is 3.00 bits per heavy atom. The lowest BCUT2D eigenvalue weighted by atomic mass is 10.2. The number of halogens is 1. The molecular formula is C11H8BrNO. The third kappa shape index (κ3) is 1.66. The molecule has 1 aromatic carbocycles. The van der Waals surface area contributed by atoms with Gasteiger partial charge in [0.15, 0.2) is 0 Å². The highest BCUT2D eigenvalue weighted by Crippen LogP contribution is 2.26. The molecule has 0 unspecified atom stereocenters. The van der Waals surface area contributed by atoms with Crippen molar-refractivity contribution in [2.24, 2.45) is 0 Å². The largest absolute Gasteiger partial charge is 0.460 e. The summed E-state index contributed by atoms with van der Waals surface area (Å²) in [6.45, 7) is 7.19. The van der Waals surface area contributed by atoms with E-state index < -0.39 is 0 Å². The van der Waals surface area contributed by atoms with Crippen molar-refractivity contribution in [2.45, 2.75) is 6.42 Å². The van der Waals surface area contributed by atoms with Crippen LogP contribution in [0.25, 0.3) is 15.8 Å². The molecule has 0 atom stereocenters. The predicted molar refractivity (Wildman–Crippen MR) is 59.1 cm³/mol. The molecule has 2 rings (SSSR count). The van der Waals surface area contributed by atoms with E-state index in [1.165, 1.54) is 0 Å². The SMILES string of the molecule is [C-]#[N+]CCc1cc2cccc(Br)c2o1. The molecule has 0 spiro atoms. The van der Waals surface area contributed by atoms with Crippen LogP contribution in [0.3, 0.4) is 0 Å². The highest BCUT2D eigenvalue weighted by molar-refractivity contribution is 9.10. The van der Waals surface area contributed by atoms with Gasteiger partial charge >= 0.3 is 0 Å². The topological polar surface area (TPSA) is 17.5 Å². The summed E-state index contributed by atoms with van der Waals surface area (Å²) in [5, 5.41) is 1.08. The Kier molecular flexibility index (Phi) is 2.55. The van der Waals surface area contributed by atoms with Gasteiger partial charge in [0.1, 0.15) is 11.3 Å². The van der Waals surface area contributed by atoms with Gasteiger partial charge in [0.2, 0.25) is 6.54 Å². The van der Waals surface area contributed by atoms with Crippen molar-refractivity contribution in [1.29, 1.82) is 0 Å². The molecule has 0 N–H and O–H groups in total. The van der Waals surface area contributed by atoms with Gasteiger partial charge in [0, 0.05) is 5.39 Å². The molecule has 1 aromatic heterocycles. The van der Waals surface area contributed by atoms with Crippen molar-refractivity contribution in [1.82, 2.24) is 0 Å². The van der Waals surface area contributed by atoms with Gasteiger partial charge in [0.25, 0.3) is 0 Å². The lowest BCUT2D eigenvalue weighted by Crippen LogP contribution is -1.82. The van der Waals surface area contributed by atoms with Gasteiger partial charge in [-0.1, -0.05) is 12.1 Å². The van der Waals surface area contributed by atoms with Gasteiger partial charge in [-0.2, -0.15) is 0 Å². The number of nitrogens with zero attached hydrogens (tertiary/aromatic N) is 1. The first-order valence-electron chi connectivity index (χ1n) is 4.31. The molecule has 2 aromatic rings. The molecule has 70 valence electrons. The number of para-hydroxylation sites is 1. The van der Waals surface area contributed by atoms with Crippen LogP contribution in [0.2, 0.25) is 0 Å². The molecule has 0 aliphatic rings. The second kappa shape index (κ2) is 3.85. The average Bonchev–Trinajstić information content (AvgIpc) is 2.59. The Labute approximate surface area is 90.5 Å². The van der Waals surface area contributed by atoms with E-state index in [9.17, 15) is 0 Å². The molecule has 0 aliphatic heterocycles. The van der Waals surface area contributed by atoms with E-state index >= 15 is 0 Å². The molecule has 14 heavy (non-hydrogen) atoms. The smallest absolute Gasteiger partial charge is 0.221 e. The van der Waals surface area contributed by atoms with Crippen molar-refractivity contribution in [3.63, 3.8) is 0 Å². The number of hydrogen-bond acceptors (Lipinski definition) is 1. The van der Waals surface area contributed by atoms with Crippen LogP contribution in [0.15, 0.2) is 33.2 Å². The van der Waals surface area contributed by atoms with Crippen molar-refractivity contribution in [2.75, 3.05) is 6.54 Å². The van der Waals surface area contributed by atoms with E-state index in [-0.39, 0.29) is 0 Å². The van der Waals surface area contributed by atoms with Crippen LogP contribution < -0.4 is 0 Å². The molecule has 0 saturated heterocycles. The summed E-state index contributed by atoms with van der Waals surface area (Å²) in [6.07, 6.45) is 0.685. The Morgan fingerprint density at radius 2 is 2.29 bits per heavy atom. The zero-order chi connectivity index (χ0) is 9.97. The summed E-state index contributed by atoms with van der Waals surface area (Å²) in [6, 6.07) is 7.92. The normalized spacial score (nSPS) is 10.3. The number of benzene rings is 1. The highest BCUT2D eigenvalue weighted by Gasteiger charge is 2.06. The first-order valence-corrected chi connectivity index (χ1v) is 5.10. The fraction of sp³-hybridized carbons (Fsp3) is 0.182. The van der Waals surface area contributed by atoms with E-state index in [1.807, 2.05) is 24.3 Å². The monoisotopic (exact) mass is 249 g/mol. The van der Waals surface area contributed by atoms with Gasteiger partial charge in [-0.25, -0.2) is 6.57 Å². The minimum Gasteiger partial charge on any atom is -0.460 e. The van der Waals surface area contributed by atoms with Crippen LogP contribution in [-0.2, 0) is 6.42 Å². The molecule has 0 saturated carbocycles. The molecule has 0 radical (unpaired) electrons. The van der Waals surface area contributed by atoms with Crippen molar-refractivity contribution in [3.8, 4) is 0 Å². The maximum atomic E-state index is 6.70. The zero-order valence-corrected chi connectivity index (χ0v) is 9.04. The summed E-state index contributed by atoms with van der Waals surface area (Å²) >= 11 is 3.42. The fourth-order valence-corrected chi connectivity index (χ4v) is 1.83. The summed E-state index contributed by atoms with van der Waals surface area (Å²) < 4.78 is 6.57. The minimum atomic E-state index is 0.484. The fourth-order valence-electron chi connectivity index (χ4n) is 1.37. The Balaban J connectivity index is 2.42. The number of furan rings is 1. The molecule has 0 amide bonds. The minimum absolute atomic E-state index is 0.484. The lowest BCUT2D eigenvalue weighted by molar-refractivity contribution is 0.553. The molecular weight excluding hydrogens is 242 g/mol. The van der Waals surface area contributed by atoms with Gasteiger partial charge in [-0.15, -0.1) is 0 Å². The number of fused-ring (bicyclic) bond motifs is 1. The summed E-state index contributed by atoms with van der Waals surface area (Å²) in [4.78, 5) is 3.30. The third-order valence-electron chi connectivity index (χ3n) is 2.02. The lowest BCUT2D eigenvalue weighted by Gasteiger charge is -1.90. The highest BCUT2D eigenvalue weighted by atomic mass is 79.9. The first-order chi connectivity index (χ1) is 6.81. The van der Waals surface area contributed by atoms with Gasteiger partial charge in [0.05, 0.1) is 10.9 Å². The predicted octanol–water partition coefficient (Wildman–Crippen LogP) is 3.66. The first kappa shape index (κ1) is 9.29. The molecule has 2 nitrogen and oxygen atoms in total. The molecule has 0 fully saturated rings. The van der Waals surface area contributed by atoms with Crippen LogP contribution in [0.4, 0.5) is 0 Å². The van der Waals surface area contributed by atoms with E-state index in [1.54, 1.807) is 0 Å². The van der Waals surface area contributed by atoms with Crippen molar-refractivity contribution in [3.05, 3.63) is 45.9 Å². The van der Waals surface area contributed by atoms with Crippen LogP contribution >= 0.6 is 15.9 Å². The van der Waals surface area contributed by atoms with Gasteiger partial charge in [-0.05, 0) is 28.1 Å². The van der Waals surface area contributed by atoms with Gasteiger partial charge < -0.3 is 9.26 Å². The summed E-state index contributed by atoms with van der Waals surface area (Å²) in [5.74, 6) is 0.878. The molecule has 3 heteroatoms. The van der Waals surface area contributed by atoms with Gasteiger partial charge in [-0.3, -0.25) is 0 Å². The van der Waals surface area contributed by atoms with Crippen LogP contribution in [0.1, 0.15) is 5.76 Å². The quantitative estimate of drug-likeness (QED) is 0.743. The number of hydrogen-bond donors (Lipinski definition) is 0. The number of rotatable bonds is 2. The van der Waals surface area contributed by atoms with Crippen LogP contribution in [0, 0.1) is 6.57 Å². The Morgan fingerprint density at radius 1 is 1.43 bits per heavy atom. The van der Waals surface area contributed by atoms with Crippen LogP contribution in [-0.4, -0.2) is 6.54 Å². The van der Waals surface area contributed by atoms with Crippen LogP contribution in [0.5, 0.6) is 0 Å². The van der Waals surface area contributed by atoms with Crippen molar-refractivity contribution < 1.29 is 4.42 Å². The molecule has 0 aliphatic carbocycles. The van der Waals surface area contributed by atoms with Crippen molar-refractivity contribution >= 4 is 26.9 Å². The van der Waals surface area contributed by atoms with E-state index in [2.05, 4.69) is 20.8 Å². The summed E-state index contributed by atoms with van der Waals surface area (Å²) in [5.41, 5.74) is 0.868. The maximum absolute atomic E-state index is 6.70. The standard InChI is InChI=1S/C11H8BrNO/c1-13-6-5-9-7-8-3-2-4-10(12)11(8)14-9/h2-4,7H,5-6H2. The second-order valence-corrected chi connectivity index (χ2v) is 3.86. The van der Waals surface area contributed by atoms with E-state index in [0.717, 1.165) is 21.2 Å². The van der Waals surface area contributed by atoms with E-state index in [0.29, 0.717) is 13.0 Å². The average molecular weight is 250 g/mol. The molecule has 1 heterocycles. The maximum Gasteiger partial charge on any atom is 0.221 e.